The summed E-state index contributed by atoms with van der Waals surface area (Å²) in [7, 11) is 4.18. The van der Waals surface area contributed by atoms with Crippen molar-refractivity contribution < 1.29 is 9.90 Å². The SMILES string of the molecule is Cc1ccccc1C(O)CNC(=O)NC1CCCC(N(C)C)C1. The normalized spacial score (nSPS) is 22.7. The zero-order valence-electron chi connectivity index (χ0n) is 14.4. The van der Waals surface area contributed by atoms with Gasteiger partial charge in [-0.25, -0.2) is 4.79 Å². The second-order valence-electron chi connectivity index (χ2n) is 6.71. The Bertz CT molecular complexity index is 519. The van der Waals surface area contributed by atoms with Crippen molar-refractivity contribution >= 4 is 6.03 Å². The molecule has 0 aromatic heterocycles. The number of carbonyl (C=O) groups excluding carboxylic acids is 1. The molecule has 1 aliphatic carbocycles. The molecule has 23 heavy (non-hydrogen) atoms. The van der Waals surface area contributed by atoms with Gasteiger partial charge in [-0.3, -0.25) is 0 Å². The monoisotopic (exact) mass is 319 g/mol. The summed E-state index contributed by atoms with van der Waals surface area (Å²) in [6.45, 7) is 2.18. The quantitative estimate of drug-likeness (QED) is 0.779. The van der Waals surface area contributed by atoms with Crippen LogP contribution in [0.25, 0.3) is 0 Å². The van der Waals surface area contributed by atoms with Gasteiger partial charge in [0, 0.05) is 18.6 Å². The number of aliphatic hydroxyl groups excluding tert-OH is 1. The minimum absolute atomic E-state index is 0.193. The summed E-state index contributed by atoms with van der Waals surface area (Å²) in [5.74, 6) is 0. The van der Waals surface area contributed by atoms with Gasteiger partial charge in [0.2, 0.25) is 0 Å². The molecular weight excluding hydrogens is 290 g/mol. The number of benzene rings is 1. The molecule has 1 saturated carbocycles. The number of hydrogen-bond donors (Lipinski definition) is 3. The molecule has 3 atom stereocenters. The van der Waals surface area contributed by atoms with Gasteiger partial charge in [-0.2, -0.15) is 0 Å². The highest BCUT2D eigenvalue weighted by Crippen LogP contribution is 2.21. The van der Waals surface area contributed by atoms with E-state index in [-0.39, 0.29) is 18.6 Å². The van der Waals surface area contributed by atoms with Crippen LogP contribution in [0.5, 0.6) is 0 Å². The zero-order chi connectivity index (χ0) is 16.8. The molecular formula is C18H29N3O2. The molecule has 1 fully saturated rings. The number of urea groups is 1. The van der Waals surface area contributed by atoms with Crippen LogP contribution in [0.4, 0.5) is 4.79 Å². The van der Waals surface area contributed by atoms with Crippen molar-refractivity contribution in [3.63, 3.8) is 0 Å². The van der Waals surface area contributed by atoms with Gasteiger partial charge >= 0.3 is 6.03 Å². The lowest BCUT2D eigenvalue weighted by Crippen LogP contribution is -2.47. The topological polar surface area (TPSA) is 64.6 Å². The predicted octanol–water partition coefficient (Wildman–Crippen LogP) is 2.20. The predicted molar refractivity (Wildman–Crippen MR) is 92.4 cm³/mol. The summed E-state index contributed by atoms with van der Waals surface area (Å²) < 4.78 is 0. The molecule has 1 aromatic carbocycles. The van der Waals surface area contributed by atoms with E-state index < -0.39 is 6.10 Å². The minimum Gasteiger partial charge on any atom is -0.387 e. The molecule has 2 amide bonds. The Morgan fingerprint density at radius 2 is 2.09 bits per heavy atom. The molecule has 1 aliphatic rings. The fourth-order valence-electron chi connectivity index (χ4n) is 3.26. The van der Waals surface area contributed by atoms with E-state index in [4.69, 9.17) is 0 Å². The fraction of sp³-hybridized carbons (Fsp3) is 0.611. The molecule has 1 aromatic rings. The van der Waals surface area contributed by atoms with Crippen LogP contribution in [-0.2, 0) is 0 Å². The van der Waals surface area contributed by atoms with Gasteiger partial charge in [0.1, 0.15) is 0 Å². The van der Waals surface area contributed by atoms with E-state index in [0.29, 0.717) is 6.04 Å². The summed E-state index contributed by atoms with van der Waals surface area (Å²) in [6.07, 6.45) is 3.67. The van der Waals surface area contributed by atoms with Crippen LogP contribution in [0.3, 0.4) is 0 Å². The molecule has 3 N–H and O–H groups in total. The maximum absolute atomic E-state index is 12.1. The van der Waals surface area contributed by atoms with Gasteiger partial charge in [0.25, 0.3) is 0 Å². The molecule has 0 spiro atoms. The molecule has 5 nitrogen and oxygen atoms in total. The Kier molecular flexibility index (Phi) is 6.42. The van der Waals surface area contributed by atoms with Crippen LogP contribution >= 0.6 is 0 Å². The highest BCUT2D eigenvalue weighted by Gasteiger charge is 2.24. The van der Waals surface area contributed by atoms with Crippen molar-refractivity contribution in [1.82, 2.24) is 15.5 Å². The highest BCUT2D eigenvalue weighted by molar-refractivity contribution is 5.74. The number of nitrogens with zero attached hydrogens (tertiary/aromatic N) is 1. The van der Waals surface area contributed by atoms with Gasteiger partial charge in [0.05, 0.1) is 6.10 Å². The van der Waals surface area contributed by atoms with Gasteiger partial charge in [-0.05, 0) is 57.8 Å². The Balaban J connectivity index is 1.78. The van der Waals surface area contributed by atoms with Crippen molar-refractivity contribution in [3.8, 4) is 0 Å². The lowest BCUT2D eigenvalue weighted by Gasteiger charge is -2.33. The molecule has 5 heteroatoms. The Morgan fingerprint density at radius 1 is 1.35 bits per heavy atom. The molecule has 0 heterocycles. The summed E-state index contributed by atoms with van der Waals surface area (Å²) in [5.41, 5.74) is 1.89. The van der Waals surface area contributed by atoms with E-state index in [1.165, 1.54) is 6.42 Å². The molecule has 3 unspecified atom stereocenters. The van der Waals surface area contributed by atoms with E-state index in [9.17, 15) is 9.90 Å². The Morgan fingerprint density at radius 3 is 2.78 bits per heavy atom. The van der Waals surface area contributed by atoms with Crippen LogP contribution in [0.1, 0.15) is 42.9 Å². The summed E-state index contributed by atoms with van der Waals surface area (Å²) in [5, 5.41) is 16.0. The third-order valence-electron chi connectivity index (χ3n) is 4.72. The molecule has 2 rings (SSSR count). The molecule has 0 bridgehead atoms. The Hall–Kier alpha value is -1.59. The number of nitrogens with one attached hydrogen (secondary N) is 2. The average molecular weight is 319 g/mol. The van der Waals surface area contributed by atoms with Crippen LogP contribution in [-0.4, -0.2) is 48.8 Å². The van der Waals surface area contributed by atoms with E-state index >= 15 is 0 Å². The first kappa shape index (κ1) is 17.8. The van der Waals surface area contributed by atoms with Gasteiger partial charge in [-0.1, -0.05) is 24.3 Å². The largest absolute Gasteiger partial charge is 0.387 e. The maximum atomic E-state index is 12.1. The number of aryl methyl sites for hydroxylation is 1. The number of aliphatic hydroxyl groups is 1. The standard InChI is InChI=1S/C18H29N3O2/c1-13-7-4-5-10-16(13)17(22)12-19-18(23)20-14-8-6-9-15(11-14)21(2)3/h4-5,7,10,14-15,17,22H,6,8-9,11-12H2,1-3H3,(H2,19,20,23). The summed E-state index contributed by atoms with van der Waals surface area (Å²) in [6, 6.07) is 8.25. The van der Waals surface area contributed by atoms with E-state index in [1.54, 1.807) is 0 Å². The van der Waals surface area contributed by atoms with Crippen molar-refractivity contribution in [3.05, 3.63) is 35.4 Å². The highest BCUT2D eigenvalue weighted by atomic mass is 16.3. The third-order valence-corrected chi connectivity index (χ3v) is 4.72. The van der Waals surface area contributed by atoms with E-state index in [0.717, 1.165) is 30.4 Å². The second-order valence-corrected chi connectivity index (χ2v) is 6.71. The van der Waals surface area contributed by atoms with E-state index in [1.807, 2.05) is 31.2 Å². The third kappa shape index (κ3) is 5.22. The second kappa shape index (κ2) is 8.31. The first-order valence-corrected chi connectivity index (χ1v) is 8.41. The number of carbonyl (C=O) groups is 1. The minimum atomic E-state index is -0.678. The molecule has 0 aliphatic heterocycles. The average Bonchev–Trinajstić information content (AvgIpc) is 2.53. The smallest absolute Gasteiger partial charge is 0.315 e. The maximum Gasteiger partial charge on any atom is 0.315 e. The van der Waals surface area contributed by atoms with Crippen molar-refractivity contribution in [2.75, 3.05) is 20.6 Å². The van der Waals surface area contributed by atoms with Crippen molar-refractivity contribution in [1.29, 1.82) is 0 Å². The lowest BCUT2D eigenvalue weighted by atomic mass is 9.90. The zero-order valence-corrected chi connectivity index (χ0v) is 14.4. The van der Waals surface area contributed by atoms with Gasteiger partial charge in [-0.15, -0.1) is 0 Å². The first-order valence-electron chi connectivity index (χ1n) is 8.41. The molecule has 0 radical (unpaired) electrons. The lowest BCUT2D eigenvalue weighted by molar-refractivity contribution is 0.168. The number of hydrogen-bond acceptors (Lipinski definition) is 3. The molecule has 128 valence electrons. The van der Waals surface area contributed by atoms with Crippen LogP contribution < -0.4 is 10.6 Å². The fourth-order valence-corrected chi connectivity index (χ4v) is 3.26. The summed E-state index contributed by atoms with van der Waals surface area (Å²) in [4.78, 5) is 14.3. The first-order chi connectivity index (χ1) is 11.0. The number of rotatable bonds is 5. The van der Waals surface area contributed by atoms with Crippen molar-refractivity contribution in [2.24, 2.45) is 0 Å². The van der Waals surface area contributed by atoms with Crippen LogP contribution in [0.2, 0.25) is 0 Å². The van der Waals surface area contributed by atoms with Crippen LogP contribution in [0, 0.1) is 6.92 Å². The summed E-state index contributed by atoms with van der Waals surface area (Å²) >= 11 is 0. The van der Waals surface area contributed by atoms with Crippen LogP contribution in [0.15, 0.2) is 24.3 Å². The number of amides is 2. The molecule has 0 saturated heterocycles. The van der Waals surface area contributed by atoms with Gasteiger partial charge < -0.3 is 20.6 Å². The Labute approximate surface area is 139 Å². The van der Waals surface area contributed by atoms with E-state index in [2.05, 4.69) is 29.6 Å². The van der Waals surface area contributed by atoms with Crippen molar-refractivity contribution in [2.45, 2.75) is 50.8 Å². The van der Waals surface area contributed by atoms with Gasteiger partial charge in [0.15, 0.2) is 0 Å².